The van der Waals surface area contributed by atoms with Gasteiger partial charge in [0.2, 0.25) is 5.91 Å². The topological polar surface area (TPSA) is 63.1 Å². The SMILES string of the molecule is Cn1cc(-c2ccncc2/C=C/C(=O)Nc2ccc(N3CC(F)(F)C3)cc2)cn1. The number of benzene rings is 1. The first kappa shape index (κ1) is 18.8. The second-order valence-electron chi connectivity index (χ2n) is 6.95. The molecule has 2 aromatic heterocycles. The van der Waals surface area contributed by atoms with E-state index in [4.69, 9.17) is 0 Å². The van der Waals surface area contributed by atoms with Crippen molar-refractivity contribution in [1.29, 1.82) is 0 Å². The molecule has 3 heterocycles. The van der Waals surface area contributed by atoms with Crippen LogP contribution in [0.15, 0.2) is 61.2 Å². The molecule has 1 N–H and O–H groups in total. The van der Waals surface area contributed by atoms with Crippen molar-refractivity contribution in [2.24, 2.45) is 7.05 Å². The van der Waals surface area contributed by atoms with E-state index in [0.29, 0.717) is 11.4 Å². The number of rotatable bonds is 5. The number of halogens is 2. The summed E-state index contributed by atoms with van der Waals surface area (Å²) in [7, 11) is 1.84. The number of nitrogens with zero attached hydrogens (tertiary/aromatic N) is 4. The van der Waals surface area contributed by atoms with Crippen molar-refractivity contribution in [3.05, 3.63) is 66.8 Å². The molecule has 0 spiro atoms. The van der Waals surface area contributed by atoms with E-state index >= 15 is 0 Å². The van der Waals surface area contributed by atoms with Crippen LogP contribution in [0.4, 0.5) is 20.2 Å². The number of carbonyl (C=O) groups is 1. The fourth-order valence-corrected chi connectivity index (χ4v) is 3.16. The van der Waals surface area contributed by atoms with Gasteiger partial charge in [-0.15, -0.1) is 0 Å². The van der Waals surface area contributed by atoms with Crippen molar-refractivity contribution < 1.29 is 13.6 Å². The van der Waals surface area contributed by atoms with Gasteiger partial charge in [0.05, 0.1) is 19.3 Å². The summed E-state index contributed by atoms with van der Waals surface area (Å²) in [5.41, 5.74) is 3.95. The number of hydrogen-bond donors (Lipinski definition) is 1. The van der Waals surface area contributed by atoms with Gasteiger partial charge in [0.25, 0.3) is 5.92 Å². The summed E-state index contributed by atoms with van der Waals surface area (Å²) in [6.45, 7) is -0.544. The Hall–Kier alpha value is -3.55. The van der Waals surface area contributed by atoms with Crippen molar-refractivity contribution in [3.63, 3.8) is 0 Å². The Balaban J connectivity index is 1.41. The third-order valence-corrected chi connectivity index (χ3v) is 4.63. The number of amides is 1. The van der Waals surface area contributed by atoms with Gasteiger partial charge < -0.3 is 10.2 Å². The van der Waals surface area contributed by atoms with Gasteiger partial charge in [-0.05, 0) is 42.0 Å². The number of anilines is 2. The first-order valence-corrected chi connectivity index (χ1v) is 9.05. The van der Waals surface area contributed by atoms with Crippen molar-refractivity contribution in [2.75, 3.05) is 23.3 Å². The van der Waals surface area contributed by atoms with Crippen LogP contribution in [0.5, 0.6) is 0 Å². The molecule has 1 fully saturated rings. The Kier molecular flexibility index (Phi) is 4.84. The fraction of sp³-hybridized carbons (Fsp3) is 0.190. The monoisotopic (exact) mass is 395 g/mol. The van der Waals surface area contributed by atoms with Crippen molar-refractivity contribution in [3.8, 4) is 11.1 Å². The highest BCUT2D eigenvalue weighted by Crippen LogP contribution is 2.32. The molecule has 29 heavy (non-hydrogen) atoms. The number of aromatic nitrogens is 3. The van der Waals surface area contributed by atoms with Gasteiger partial charge in [-0.3, -0.25) is 14.5 Å². The molecule has 1 aromatic carbocycles. The standard InChI is InChI=1S/C21H19F2N5O/c1-27-12-16(11-25-27)19-8-9-24-10-15(19)2-7-20(29)26-17-3-5-18(6-4-17)28-13-21(22,23)14-28/h2-12H,13-14H2,1H3,(H,26,29)/b7-2+. The van der Waals surface area contributed by atoms with E-state index in [1.54, 1.807) is 58.5 Å². The van der Waals surface area contributed by atoms with Crippen molar-refractivity contribution in [1.82, 2.24) is 14.8 Å². The first-order valence-electron chi connectivity index (χ1n) is 9.05. The van der Waals surface area contributed by atoms with E-state index in [1.807, 2.05) is 19.3 Å². The lowest BCUT2D eigenvalue weighted by Crippen LogP contribution is -2.56. The van der Waals surface area contributed by atoms with Crippen molar-refractivity contribution in [2.45, 2.75) is 5.92 Å². The number of hydrogen-bond acceptors (Lipinski definition) is 4. The summed E-state index contributed by atoms with van der Waals surface area (Å²) in [5, 5.41) is 6.94. The predicted octanol–water partition coefficient (Wildman–Crippen LogP) is 3.59. The number of nitrogens with one attached hydrogen (secondary N) is 1. The van der Waals surface area contributed by atoms with Gasteiger partial charge in [0.15, 0.2) is 0 Å². The molecule has 4 rings (SSSR count). The van der Waals surface area contributed by atoms with Crippen molar-refractivity contribution >= 4 is 23.4 Å². The molecule has 8 heteroatoms. The van der Waals surface area contributed by atoms with Gasteiger partial charge in [0.1, 0.15) is 0 Å². The number of pyridine rings is 1. The van der Waals surface area contributed by atoms with E-state index in [-0.39, 0.29) is 19.0 Å². The van der Waals surface area contributed by atoms with E-state index in [1.165, 1.54) is 6.08 Å². The van der Waals surface area contributed by atoms with E-state index < -0.39 is 5.92 Å². The summed E-state index contributed by atoms with van der Waals surface area (Å²) in [6.07, 6.45) is 10.1. The highest BCUT2D eigenvalue weighted by atomic mass is 19.3. The van der Waals surface area contributed by atoms with Crippen LogP contribution in [0.25, 0.3) is 17.2 Å². The maximum absolute atomic E-state index is 13.0. The van der Waals surface area contributed by atoms with Gasteiger partial charge >= 0.3 is 0 Å². The van der Waals surface area contributed by atoms with E-state index in [2.05, 4.69) is 15.4 Å². The third-order valence-electron chi connectivity index (χ3n) is 4.63. The van der Waals surface area contributed by atoms with Gasteiger partial charge in [-0.25, -0.2) is 8.78 Å². The number of alkyl halides is 2. The lowest BCUT2D eigenvalue weighted by molar-refractivity contribution is -0.111. The zero-order valence-corrected chi connectivity index (χ0v) is 15.7. The Morgan fingerprint density at radius 3 is 2.59 bits per heavy atom. The minimum atomic E-state index is -2.61. The molecule has 3 aromatic rings. The second kappa shape index (κ2) is 7.46. The predicted molar refractivity (Wildman–Crippen MR) is 108 cm³/mol. The molecule has 0 saturated carbocycles. The molecule has 148 valence electrons. The molecule has 6 nitrogen and oxygen atoms in total. The van der Waals surface area contributed by atoms with Crippen LogP contribution in [-0.4, -0.2) is 39.7 Å². The van der Waals surface area contributed by atoms with Gasteiger partial charge in [0, 0.05) is 54.2 Å². The molecule has 1 amide bonds. The Morgan fingerprint density at radius 2 is 1.93 bits per heavy atom. The maximum Gasteiger partial charge on any atom is 0.282 e. The van der Waals surface area contributed by atoms with Crippen LogP contribution >= 0.6 is 0 Å². The summed E-state index contributed by atoms with van der Waals surface area (Å²) < 4.78 is 27.7. The average Bonchev–Trinajstić information content (AvgIpc) is 3.11. The molecule has 0 unspecified atom stereocenters. The Bertz CT molecular complexity index is 1050. The molecular formula is C21H19F2N5O. The van der Waals surface area contributed by atoms with Crippen LogP contribution < -0.4 is 10.2 Å². The second-order valence-corrected chi connectivity index (χ2v) is 6.95. The quantitative estimate of drug-likeness (QED) is 0.671. The van der Waals surface area contributed by atoms with Crippen LogP contribution in [0.3, 0.4) is 0 Å². The highest BCUT2D eigenvalue weighted by Gasteiger charge is 2.43. The number of aryl methyl sites for hydroxylation is 1. The molecule has 0 bridgehead atoms. The fourth-order valence-electron chi connectivity index (χ4n) is 3.16. The van der Waals surface area contributed by atoms with Crippen LogP contribution in [-0.2, 0) is 11.8 Å². The largest absolute Gasteiger partial charge is 0.359 e. The van der Waals surface area contributed by atoms with Gasteiger partial charge in [-0.1, -0.05) is 0 Å². The molecule has 0 aliphatic carbocycles. The zero-order valence-electron chi connectivity index (χ0n) is 15.7. The lowest BCUT2D eigenvalue weighted by Gasteiger charge is -2.40. The molecule has 1 saturated heterocycles. The normalized spacial score (nSPS) is 15.3. The number of carbonyl (C=O) groups excluding carboxylic acids is 1. The summed E-state index contributed by atoms with van der Waals surface area (Å²) in [4.78, 5) is 18.0. The smallest absolute Gasteiger partial charge is 0.282 e. The zero-order chi connectivity index (χ0) is 20.4. The molecular weight excluding hydrogens is 376 g/mol. The third kappa shape index (κ3) is 4.31. The van der Waals surface area contributed by atoms with Crippen LogP contribution in [0.1, 0.15) is 5.56 Å². The molecule has 1 aliphatic rings. The average molecular weight is 395 g/mol. The maximum atomic E-state index is 13.0. The molecule has 0 atom stereocenters. The van der Waals surface area contributed by atoms with Crippen LogP contribution in [0, 0.1) is 0 Å². The minimum Gasteiger partial charge on any atom is -0.359 e. The van der Waals surface area contributed by atoms with Crippen LogP contribution in [0.2, 0.25) is 0 Å². The highest BCUT2D eigenvalue weighted by molar-refractivity contribution is 6.02. The summed E-state index contributed by atoms with van der Waals surface area (Å²) in [6, 6.07) is 8.70. The minimum absolute atomic E-state index is 0.272. The molecule has 1 aliphatic heterocycles. The first-order chi connectivity index (χ1) is 13.9. The van der Waals surface area contributed by atoms with E-state index in [0.717, 1.165) is 16.7 Å². The lowest BCUT2D eigenvalue weighted by atomic mass is 10.0. The Morgan fingerprint density at radius 1 is 1.17 bits per heavy atom. The molecule has 0 radical (unpaired) electrons. The Labute approximate surface area is 166 Å². The summed E-state index contributed by atoms with van der Waals surface area (Å²) in [5.74, 6) is -2.91. The van der Waals surface area contributed by atoms with E-state index in [9.17, 15) is 13.6 Å². The van der Waals surface area contributed by atoms with Gasteiger partial charge in [-0.2, -0.15) is 5.10 Å². The summed E-state index contributed by atoms with van der Waals surface area (Å²) >= 11 is 0.